The summed E-state index contributed by atoms with van der Waals surface area (Å²) in [6, 6.07) is 16.4. The molecule has 3 aromatic rings. The molecule has 9 heteroatoms. The lowest BCUT2D eigenvalue weighted by Crippen LogP contribution is -2.30. The third kappa shape index (κ3) is 5.98. The number of rotatable bonds is 7. The molecular weight excluding hydrogens is 444 g/mol. The van der Waals surface area contributed by atoms with Crippen LogP contribution in [0.5, 0.6) is 0 Å². The molecule has 3 rings (SSSR count). The number of hydrogen-bond donors (Lipinski definition) is 3. The highest BCUT2D eigenvalue weighted by atomic mass is 35.5. The molecule has 0 fully saturated rings. The highest BCUT2D eigenvalue weighted by Crippen LogP contribution is 2.26. The van der Waals surface area contributed by atoms with Crippen LogP contribution in [0.1, 0.15) is 49.3 Å². The molecule has 0 bridgehead atoms. The van der Waals surface area contributed by atoms with Gasteiger partial charge in [0, 0.05) is 16.5 Å². The van der Waals surface area contributed by atoms with E-state index < -0.39 is 23.3 Å². The average Bonchev–Trinajstić information content (AvgIpc) is 3.17. The van der Waals surface area contributed by atoms with Crippen molar-refractivity contribution < 1.29 is 19.5 Å². The number of carboxylic acid groups (broad SMARTS) is 1. The molecule has 2 amide bonds. The lowest BCUT2D eigenvalue weighted by molar-refractivity contribution is -0.137. The Bertz CT molecular complexity index is 1170. The highest BCUT2D eigenvalue weighted by Gasteiger charge is 2.26. The van der Waals surface area contributed by atoms with Crippen molar-refractivity contribution in [2.75, 3.05) is 5.32 Å². The maximum absolute atomic E-state index is 13.1. The molecule has 1 atom stereocenters. The molecule has 1 unspecified atom stereocenters. The number of benzene rings is 2. The van der Waals surface area contributed by atoms with Crippen LogP contribution in [0.4, 0.5) is 5.82 Å². The van der Waals surface area contributed by atoms with E-state index in [-0.39, 0.29) is 18.0 Å². The number of aliphatic carboxylic acids is 1. The van der Waals surface area contributed by atoms with Crippen LogP contribution in [-0.4, -0.2) is 32.7 Å². The van der Waals surface area contributed by atoms with Crippen molar-refractivity contribution in [2.45, 2.75) is 33.2 Å². The van der Waals surface area contributed by atoms with Crippen LogP contribution >= 0.6 is 11.6 Å². The fourth-order valence-electron chi connectivity index (χ4n) is 3.05. The largest absolute Gasteiger partial charge is 0.481 e. The van der Waals surface area contributed by atoms with Gasteiger partial charge in [-0.05, 0) is 23.8 Å². The van der Waals surface area contributed by atoms with E-state index in [1.54, 1.807) is 57.2 Å². The Kier molecular flexibility index (Phi) is 7.18. The van der Waals surface area contributed by atoms with Crippen molar-refractivity contribution >= 4 is 35.2 Å². The lowest BCUT2D eigenvalue weighted by Gasteiger charge is -2.18. The number of carbonyl (C=O) groups excluding carboxylic acids is 2. The summed E-state index contributed by atoms with van der Waals surface area (Å²) in [5.41, 5.74) is 0.489. The van der Waals surface area contributed by atoms with Crippen molar-refractivity contribution in [1.82, 2.24) is 15.1 Å². The zero-order valence-corrected chi connectivity index (χ0v) is 19.3. The summed E-state index contributed by atoms with van der Waals surface area (Å²) in [5, 5.41) is 19.6. The normalized spacial score (nSPS) is 12.1. The van der Waals surface area contributed by atoms with Gasteiger partial charge in [0.05, 0.1) is 18.2 Å². The Labute approximate surface area is 196 Å². The summed E-state index contributed by atoms with van der Waals surface area (Å²) in [6.45, 7) is 5.33. The number of amides is 2. The van der Waals surface area contributed by atoms with E-state index in [0.29, 0.717) is 22.1 Å². The number of halogens is 1. The number of anilines is 1. The average molecular weight is 469 g/mol. The minimum absolute atomic E-state index is 0.0190. The van der Waals surface area contributed by atoms with E-state index in [0.717, 1.165) is 0 Å². The molecule has 172 valence electrons. The van der Waals surface area contributed by atoms with Crippen molar-refractivity contribution in [3.05, 3.63) is 76.9 Å². The number of nitrogens with one attached hydrogen (secondary N) is 2. The van der Waals surface area contributed by atoms with Crippen LogP contribution < -0.4 is 10.6 Å². The molecule has 1 heterocycles. The third-order valence-electron chi connectivity index (χ3n) is 4.83. The first-order valence-corrected chi connectivity index (χ1v) is 10.7. The fourth-order valence-corrected chi connectivity index (χ4v) is 3.32. The second-order valence-corrected chi connectivity index (χ2v) is 8.92. The Balaban J connectivity index is 1.95. The molecule has 0 aliphatic carbocycles. The van der Waals surface area contributed by atoms with E-state index in [2.05, 4.69) is 15.7 Å². The summed E-state index contributed by atoms with van der Waals surface area (Å²) in [4.78, 5) is 37.1. The molecule has 0 aliphatic heterocycles. The van der Waals surface area contributed by atoms with Gasteiger partial charge in [0.1, 0.15) is 5.82 Å². The van der Waals surface area contributed by atoms with Crippen molar-refractivity contribution in [2.24, 2.45) is 5.41 Å². The summed E-state index contributed by atoms with van der Waals surface area (Å²) >= 11 is 6.23. The van der Waals surface area contributed by atoms with Gasteiger partial charge in [-0.15, -0.1) is 0 Å². The second kappa shape index (κ2) is 9.87. The Morgan fingerprint density at radius 3 is 2.30 bits per heavy atom. The molecule has 0 saturated heterocycles. The maximum Gasteiger partial charge on any atom is 0.305 e. The predicted octanol–water partition coefficient (Wildman–Crippen LogP) is 4.46. The number of carbonyl (C=O) groups is 3. The molecule has 0 aliphatic rings. The zero-order valence-electron chi connectivity index (χ0n) is 18.5. The van der Waals surface area contributed by atoms with Gasteiger partial charge in [-0.25, -0.2) is 4.68 Å². The van der Waals surface area contributed by atoms with Gasteiger partial charge >= 0.3 is 5.97 Å². The first-order valence-electron chi connectivity index (χ1n) is 10.3. The maximum atomic E-state index is 13.1. The van der Waals surface area contributed by atoms with E-state index in [1.165, 1.54) is 10.7 Å². The van der Waals surface area contributed by atoms with Crippen LogP contribution in [0.3, 0.4) is 0 Å². The monoisotopic (exact) mass is 468 g/mol. The van der Waals surface area contributed by atoms with Crippen molar-refractivity contribution in [1.29, 1.82) is 0 Å². The quantitative estimate of drug-likeness (QED) is 0.474. The second-order valence-electron chi connectivity index (χ2n) is 8.51. The van der Waals surface area contributed by atoms with Crippen molar-refractivity contribution in [3.63, 3.8) is 0 Å². The minimum atomic E-state index is -1.09. The van der Waals surface area contributed by atoms with Crippen LogP contribution in [0.15, 0.2) is 60.7 Å². The van der Waals surface area contributed by atoms with Gasteiger partial charge in [0.2, 0.25) is 5.91 Å². The van der Waals surface area contributed by atoms with Gasteiger partial charge < -0.3 is 15.7 Å². The number of hydrogen-bond acceptors (Lipinski definition) is 4. The number of nitrogens with zero attached hydrogens (tertiary/aromatic N) is 2. The summed E-state index contributed by atoms with van der Waals surface area (Å²) in [5.74, 6) is -1.61. The van der Waals surface area contributed by atoms with E-state index in [1.807, 2.05) is 18.2 Å². The van der Waals surface area contributed by atoms with E-state index >= 15 is 0 Å². The smallest absolute Gasteiger partial charge is 0.305 e. The number of carboxylic acids is 1. The van der Waals surface area contributed by atoms with E-state index in [9.17, 15) is 19.5 Å². The topological polar surface area (TPSA) is 113 Å². The molecule has 2 aromatic carbocycles. The fraction of sp³-hybridized carbons (Fsp3) is 0.250. The summed E-state index contributed by atoms with van der Waals surface area (Å²) in [6.07, 6.45) is -0.359. The summed E-state index contributed by atoms with van der Waals surface area (Å²) in [7, 11) is 0. The van der Waals surface area contributed by atoms with Crippen LogP contribution in [0.2, 0.25) is 5.02 Å². The standard InChI is InChI=1S/C24H25ClN4O4/c1-24(2,3)23(33)27-20-13-19(28-29(20)15-9-5-4-6-10-15)22(32)26-18(14-21(30)31)16-11-7-8-12-17(16)25/h4-13,18H,14H2,1-3H3,(H,26,32)(H,27,33)(H,30,31). The van der Waals surface area contributed by atoms with Crippen LogP contribution in [0, 0.1) is 5.41 Å². The zero-order chi connectivity index (χ0) is 24.2. The molecule has 3 N–H and O–H groups in total. The van der Waals surface area contributed by atoms with Gasteiger partial charge in [-0.1, -0.05) is 68.8 Å². The van der Waals surface area contributed by atoms with Gasteiger partial charge in [-0.2, -0.15) is 5.10 Å². The van der Waals surface area contributed by atoms with Crippen LogP contribution in [0.25, 0.3) is 5.69 Å². The first-order chi connectivity index (χ1) is 15.6. The molecule has 0 saturated carbocycles. The molecule has 8 nitrogen and oxygen atoms in total. The number of para-hydroxylation sites is 1. The first kappa shape index (κ1) is 24.0. The Hall–Kier alpha value is -3.65. The summed E-state index contributed by atoms with van der Waals surface area (Å²) < 4.78 is 1.46. The van der Waals surface area contributed by atoms with E-state index in [4.69, 9.17) is 11.6 Å². The predicted molar refractivity (Wildman–Crippen MR) is 126 cm³/mol. The molecule has 0 radical (unpaired) electrons. The van der Waals surface area contributed by atoms with Crippen molar-refractivity contribution in [3.8, 4) is 5.69 Å². The molecule has 0 spiro atoms. The van der Waals surface area contributed by atoms with Gasteiger partial charge in [0.15, 0.2) is 5.69 Å². The molecule has 33 heavy (non-hydrogen) atoms. The third-order valence-corrected chi connectivity index (χ3v) is 5.17. The van der Waals surface area contributed by atoms with Gasteiger partial charge in [0.25, 0.3) is 5.91 Å². The highest BCUT2D eigenvalue weighted by molar-refractivity contribution is 6.31. The molecule has 1 aromatic heterocycles. The lowest BCUT2D eigenvalue weighted by atomic mass is 9.96. The minimum Gasteiger partial charge on any atom is -0.481 e. The SMILES string of the molecule is CC(C)(C)C(=O)Nc1cc(C(=O)NC(CC(=O)O)c2ccccc2Cl)nn1-c1ccccc1. The Morgan fingerprint density at radius 1 is 1.06 bits per heavy atom. The van der Waals surface area contributed by atoms with Crippen LogP contribution in [-0.2, 0) is 9.59 Å². The number of aromatic nitrogens is 2. The van der Waals surface area contributed by atoms with Gasteiger partial charge in [-0.3, -0.25) is 14.4 Å². The Morgan fingerprint density at radius 2 is 1.70 bits per heavy atom. The molecular formula is C24H25ClN4O4.